The highest BCUT2D eigenvalue weighted by molar-refractivity contribution is 7.30. The van der Waals surface area contributed by atoms with Crippen molar-refractivity contribution in [3.05, 3.63) is 82.0 Å². The highest BCUT2D eigenvalue weighted by Gasteiger charge is 2.37. The summed E-state index contributed by atoms with van der Waals surface area (Å²) >= 11 is 3.19. The van der Waals surface area contributed by atoms with Crippen LogP contribution in [0.25, 0.3) is 25.9 Å². The molecule has 2 heterocycles. The van der Waals surface area contributed by atoms with E-state index in [1.165, 1.54) is 28.3 Å². The second-order valence-corrected chi connectivity index (χ2v) is 9.28. The van der Waals surface area contributed by atoms with E-state index in [1.54, 1.807) is 17.4 Å². The number of hydrogen-bond donors (Lipinski definition) is 0. The molecule has 0 N–H and O–H groups in total. The van der Waals surface area contributed by atoms with Crippen molar-refractivity contribution in [2.24, 2.45) is 0 Å². The molecule has 5 rings (SSSR count). The third-order valence-corrected chi connectivity index (χ3v) is 7.47. The van der Waals surface area contributed by atoms with E-state index in [1.807, 2.05) is 24.3 Å². The number of carbonyl (C=O) groups excluding carboxylic acids is 2. The first kappa shape index (κ1) is 17.6. The number of allylic oxidation sites excluding steroid dienone is 1. The van der Waals surface area contributed by atoms with E-state index in [0.717, 1.165) is 19.8 Å². The molecule has 2 nitrogen and oxygen atoms in total. The fourth-order valence-corrected chi connectivity index (χ4v) is 6.10. The lowest BCUT2D eigenvalue weighted by Crippen LogP contribution is -2.08. The van der Waals surface area contributed by atoms with E-state index >= 15 is 0 Å². The quantitative estimate of drug-likeness (QED) is 0.235. The van der Waals surface area contributed by atoms with Crippen molar-refractivity contribution in [3.63, 3.8) is 0 Å². The Bertz CT molecular complexity index is 1240. The maximum Gasteiger partial charge on any atom is 0.200 e. The maximum atomic E-state index is 14.1. The van der Waals surface area contributed by atoms with Crippen LogP contribution in [0.5, 0.6) is 0 Å². The smallest absolute Gasteiger partial charge is 0.200 e. The molecule has 0 amide bonds. The Hall–Kier alpha value is -2.46. The number of benzene rings is 2. The number of fused-ring (bicyclic) bond motifs is 2. The van der Waals surface area contributed by atoms with Crippen LogP contribution in [0.1, 0.15) is 25.6 Å². The summed E-state index contributed by atoms with van der Waals surface area (Å²) in [5.74, 6) is -1.60. The molecule has 136 valence electrons. The number of hydrogen-bond acceptors (Lipinski definition) is 4. The summed E-state index contributed by atoms with van der Waals surface area (Å²) in [6.07, 6.45) is 1.59. The topological polar surface area (TPSA) is 34.1 Å². The molecule has 0 radical (unpaired) electrons. The molecule has 28 heavy (non-hydrogen) atoms. The number of thiophene rings is 2. The molecule has 1 aliphatic carbocycles. The van der Waals surface area contributed by atoms with Gasteiger partial charge in [-0.2, -0.15) is 0 Å². The summed E-state index contributed by atoms with van der Waals surface area (Å²) in [5.41, 5.74) is 1.23. The number of halogens is 1. The highest BCUT2D eigenvalue weighted by Crippen LogP contribution is 2.39. The Morgan fingerprint density at radius 3 is 2.29 bits per heavy atom. The fraction of sp³-hybridized carbons (Fsp3) is 0. The molecule has 2 aromatic heterocycles. The molecule has 2 aromatic carbocycles. The van der Waals surface area contributed by atoms with Gasteiger partial charge in [-0.05, 0) is 35.1 Å². The van der Waals surface area contributed by atoms with E-state index in [2.05, 4.69) is 27.4 Å². The third kappa shape index (κ3) is 2.70. The summed E-state index contributed by atoms with van der Waals surface area (Å²) in [6, 6.07) is 17.0. The number of carbonyl (C=O) groups is 2. The second-order valence-electron chi connectivity index (χ2n) is 6.46. The molecule has 0 aliphatic heterocycles. The first-order chi connectivity index (χ1) is 13.5. The van der Waals surface area contributed by atoms with Gasteiger partial charge in [0.15, 0.2) is 5.78 Å². The number of Topliss-reactive ketones (excluding diaryl/α,β-unsaturated/α-hetero) is 2. The van der Waals surface area contributed by atoms with Gasteiger partial charge in [-0.15, -0.1) is 31.9 Å². The molecule has 0 saturated heterocycles. The normalized spacial score (nSPS) is 15.0. The predicted octanol–water partition coefficient (Wildman–Crippen LogP) is 5.73. The molecule has 1 aliphatic rings. The molecule has 1 atom stereocenters. The molecular formula is C22H12FO2PS2. The maximum absolute atomic E-state index is 14.1. The van der Waals surface area contributed by atoms with Gasteiger partial charge in [-0.25, -0.2) is 4.39 Å². The Morgan fingerprint density at radius 2 is 1.57 bits per heavy atom. The Kier molecular flexibility index (Phi) is 4.13. The van der Waals surface area contributed by atoms with Crippen LogP contribution in [0.15, 0.2) is 60.2 Å². The minimum atomic E-state index is -0.650. The van der Waals surface area contributed by atoms with Crippen LogP contribution in [0.2, 0.25) is 0 Å². The van der Waals surface area contributed by atoms with Crippen molar-refractivity contribution in [3.8, 4) is 10.4 Å². The third-order valence-electron chi connectivity index (χ3n) is 4.70. The van der Waals surface area contributed by atoms with Gasteiger partial charge < -0.3 is 0 Å². The van der Waals surface area contributed by atoms with Gasteiger partial charge >= 0.3 is 0 Å². The predicted molar refractivity (Wildman–Crippen MR) is 118 cm³/mol. The zero-order chi connectivity index (χ0) is 19.4. The lowest BCUT2D eigenvalue weighted by molar-refractivity contribution is 0.0990. The van der Waals surface area contributed by atoms with E-state index in [0.29, 0.717) is 5.30 Å². The summed E-state index contributed by atoms with van der Waals surface area (Å²) in [5, 5.41) is 0.540. The van der Waals surface area contributed by atoms with Gasteiger partial charge in [0.2, 0.25) is 5.78 Å². The Balaban J connectivity index is 1.55. The first-order valence-corrected chi connectivity index (χ1v) is 10.7. The second kappa shape index (κ2) is 6.56. The highest BCUT2D eigenvalue weighted by atomic mass is 32.1. The van der Waals surface area contributed by atoms with Crippen LogP contribution < -0.4 is 5.30 Å². The lowest BCUT2D eigenvalue weighted by atomic mass is 10.1. The van der Waals surface area contributed by atoms with Crippen LogP contribution in [-0.4, -0.2) is 11.6 Å². The lowest BCUT2D eigenvalue weighted by Gasteiger charge is -2.00. The van der Waals surface area contributed by atoms with Gasteiger partial charge in [-0.1, -0.05) is 36.4 Å². The van der Waals surface area contributed by atoms with Crippen molar-refractivity contribution in [1.82, 2.24) is 0 Å². The minimum Gasteiger partial charge on any atom is -0.288 e. The minimum absolute atomic E-state index is 0.0287. The zero-order valence-electron chi connectivity index (χ0n) is 14.4. The molecule has 1 unspecified atom stereocenters. The van der Waals surface area contributed by atoms with Crippen molar-refractivity contribution >= 4 is 64.3 Å². The van der Waals surface area contributed by atoms with Crippen molar-refractivity contribution < 1.29 is 14.0 Å². The molecule has 0 bridgehead atoms. The van der Waals surface area contributed by atoms with Crippen LogP contribution >= 0.6 is 31.9 Å². The molecule has 0 saturated carbocycles. The molecule has 0 spiro atoms. The summed E-state index contributed by atoms with van der Waals surface area (Å²) < 4.78 is 16.3. The zero-order valence-corrected chi connectivity index (χ0v) is 17.1. The molecule has 6 heteroatoms. The summed E-state index contributed by atoms with van der Waals surface area (Å²) in [6.45, 7) is 0. The van der Waals surface area contributed by atoms with Crippen LogP contribution in [0.3, 0.4) is 0 Å². The van der Waals surface area contributed by atoms with Crippen molar-refractivity contribution in [1.29, 1.82) is 0 Å². The van der Waals surface area contributed by atoms with Crippen LogP contribution in [0, 0.1) is 5.82 Å². The molecular weight excluding hydrogens is 410 g/mol. The van der Waals surface area contributed by atoms with Gasteiger partial charge in [-0.3, -0.25) is 9.59 Å². The number of ketones is 2. The SMILES string of the molecule is O=C1/C(=C/c2cc3sc(-c4ccccc4)cc3s2)C(=O)c2c(P)ccc(F)c21. The molecule has 0 fully saturated rings. The van der Waals surface area contributed by atoms with Crippen LogP contribution in [-0.2, 0) is 0 Å². The van der Waals surface area contributed by atoms with E-state index < -0.39 is 17.4 Å². The average Bonchev–Trinajstić information content (AvgIpc) is 3.32. The van der Waals surface area contributed by atoms with E-state index in [9.17, 15) is 14.0 Å². The van der Waals surface area contributed by atoms with Gasteiger partial charge in [0.05, 0.1) is 11.1 Å². The van der Waals surface area contributed by atoms with Crippen molar-refractivity contribution in [2.75, 3.05) is 0 Å². The standard InChI is InChI=1S/C22H12FO2PS2/c23-14-6-7-15(26)20-19(14)21(24)13(22(20)25)8-12-9-17-18(27-12)10-16(28-17)11-4-2-1-3-5-11/h1-10H,26H2/b13-8-. The van der Waals surface area contributed by atoms with E-state index in [-0.39, 0.29) is 16.7 Å². The van der Waals surface area contributed by atoms with Crippen molar-refractivity contribution in [2.45, 2.75) is 0 Å². The van der Waals surface area contributed by atoms with Crippen LogP contribution in [0.4, 0.5) is 4.39 Å². The monoisotopic (exact) mass is 422 g/mol. The van der Waals surface area contributed by atoms with Gasteiger partial charge in [0, 0.05) is 24.7 Å². The Labute approximate surface area is 170 Å². The first-order valence-electron chi connectivity index (χ1n) is 8.51. The number of rotatable bonds is 2. The van der Waals surface area contributed by atoms with Gasteiger partial charge in [0.1, 0.15) is 5.82 Å². The van der Waals surface area contributed by atoms with E-state index in [4.69, 9.17) is 0 Å². The largest absolute Gasteiger partial charge is 0.288 e. The summed E-state index contributed by atoms with van der Waals surface area (Å²) in [7, 11) is 2.40. The Morgan fingerprint density at radius 1 is 0.857 bits per heavy atom. The average molecular weight is 422 g/mol. The fourth-order valence-electron chi connectivity index (χ4n) is 3.38. The summed E-state index contributed by atoms with van der Waals surface area (Å²) in [4.78, 5) is 27.4. The molecule has 4 aromatic rings. The van der Waals surface area contributed by atoms with Gasteiger partial charge in [0.25, 0.3) is 0 Å².